The number of anilines is 1. The third-order valence-corrected chi connectivity index (χ3v) is 2.71. The predicted octanol–water partition coefficient (Wildman–Crippen LogP) is 3.40. The van der Waals surface area contributed by atoms with Crippen molar-refractivity contribution in [2.75, 3.05) is 5.32 Å². The van der Waals surface area contributed by atoms with Gasteiger partial charge in [0.25, 0.3) is 5.91 Å². The predicted molar refractivity (Wildman–Crippen MR) is 67.2 cm³/mol. The summed E-state index contributed by atoms with van der Waals surface area (Å²) in [7, 11) is 0. The first-order valence-electron chi connectivity index (χ1n) is 5.65. The van der Waals surface area contributed by atoms with Gasteiger partial charge < -0.3 is 9.73 Å². The summed E-state index contributed by atoms with van der Waals surface area (Å²) in [5, 5.41) is 2.87. The lowest BCUT2D eigenvalue weighted by Gasteiger charge is -2.08. The number of nitrogens with one attached hydrogen (secondary N) is 1. The second-order valence-electron chi connectivity index (χ2n) is 3.90. The van der Waals surface area contributed by atoms with Crippen LogP contribution in [0.4, 0.5) is 5.69 Å². The maximum absolute atomic E-state index is 12.0. The summed E-state index contributed by atoms with van der Waals surface area (Å²) >= 11 is 0. The van der Waals surface area contributed by atoms with Crippen LogP contribution in [0.5, 0.6) is 0 Å². The molecular weight excluding hydrogens is 214 g/mol. The minimum Gasteiger partial charge on any atom is -0.459 e. The molecule has 88 valence electrons. The fourth-order valence-electron chi connectivity index (χ4n) is 1.73. The maximum Gasteiger partial charge on any atom is 0.291 e. The van der Waals surface area contributed by atoms with Crippen LogP contribution in [0.2, 0.25) is 0 Å². The van der Waals surface area contributed by atoms with Gasteiger partial charge in [-0.05, 0) is 31.0 Å². The molecule has 2 rings (SSSR count). The Morgan fingerprint density at radius 1 is 1.29 bits per heavy atom. The van der Waals surface area contributed by atoms with Gasteiger partial charge in [-0.25, -0.2) is 0 Å². The van der Waals surface area contributed by atoms with Crippen LogP contribution >= 0.6 is 0 Å². The highest BCUT2D eigenvalue weighted by molar-refractivity contribution is 6.03. The average Bonchev–Trinajstić information content (AvgIpc) is 2.76. The summed E-state index contributed by atoms with van der Waals surface area (Å²) < 4.78 is 5.16. The highest BCUT2D eigenvalue weighted by Crippen LogP contribution is 2.18. The number of aryl methyl sites for hydroxylation is 2. The van der Waals surface area contributed by atoms with Crippen molar-refractivity contribution in [3.05, 3.63) is 53.5 Å². The van der Waals surface area contributed by atoms with Crippen LogP contribution < -0.4 is 5.32 Å². The summed E-state index contributed by atoms with van der Waals surface area (Å²) in [4.78, 5) is 12.0. The van der Waals surface area contributed by atoms with Crippen molar-refractivity contribution in [2.45, 2.75) is 20.3 Å². The fourth-order valence-corrected chi connectivity index (χ4v) is 1.73. The van der Waals surface area contributed by atoms with Gasteiger partial charge in [-0.15, -0.1) is 0 Å². The third-order valence-electron chi connectivity index (χ3n) is 2.71. The molecule has 0 saturated carbocycles. The number of carbonyl (C=O) groups excluding carboxylic acids is 1. The molecule has 0 spiro atoms. The molecule has 17 heavy (non-hydrogen) atoms. The molecule has 0 aliphatic carbocycles. The smallest absolute Gasteiger partial charge is 0.291 e. The van der Waals surface area contributed by atoms with Crippen LogP contribution in [0.3, 0.4) is 0 Å². The Morgan fingerprint density at radius 2 is 2.06 bits per heavy atom. The van der Waals surface area contributed by atoms with Crippen LogP contribution in [-0.2, 0) is 6.42 Å². The van der Waals surface area contributed by atoms with E-state index < -0.39 is 0 Å². The molecule has 2 aromatic rings. The van der Waals surface area contributed by atoms with Crippen molar-refractivity contribution in [2.24, 2.45) is 0 Å². The van der Waals surface area contributed by atoms with E-state index in [1.807, 2.05) is 31.2 Å². The van der Waals surface area contributed by atoms with E-state index in [1.54, 1.807) is 6.07 Å². The lowest BCUT2D eigenvalue weighted by atomic mass is 10.1. The lowest BCUT2D eigenvalue weighted by molar-refractivity contribution is 0.0996. The Balaban J connectivity index is 2.22. The normalized spacial score (nSPS) is 10.2. The molecule has 1 aromatic carbocycles. The third kappa shape index (κ3) is 2.38. The first-order valence-corrected chi connectivity index (χ1v) is 5.65. The Kier molecular flexibility index (Phi) is 3.28. The molecular formula is C14H15NO2. The van der Waals surface area contributed by atoms with E-state index in [2.05, 4.69) is 12.2 Å². The van der Waals surface area contributed by atoms with Crippen molar-refractivity contribution >= 4 is 11.6 Å². The van der Waals surface area contributed by atoms with E-state index in [4.69, 9.17) is 4.42 Å². The number of amides is 1. The van der Waals surface area contributed by atoms with E-state index in [0.717, 1.165) is 23.2 Å². The average molecular weight is 229 g/mol. The van der Waals surface area contributed by atoms with Crippen molar-refractivity contribution in [3.63, 3.8) is 0 Å². The van der Waals surface area contributed by atoms with Crippen molar-refractivity contribution in [1.82, 2.24) is 0 Å². The Labute approximate surface area is 100 Å². The van der Waals surface area contributed by atoms with Gasteiger partial charge in [-0.1, -0.05) is 25.1 Å². The molecule has 0 aliphatic rings. The molecule has 1 heterocycles. The molecule has 3 heteroatoms. The molecule has 1 aromatic heterocycles. The largest absolute Gasteiger partial charge is 0.459 e. The minimum atomic E-state index is -0.201. The number of furan rings is 1. The van der Waals surface area contributed by atoms with Gasteiger partial charge in [-0.2, -0.15) is 0 Å². The maximum atomic E-state index is 12.0. The number of para-hydroxylation sites is 1. The van der Waals surface area contributed by atoms with Gasteiger partial charge in [0.2, 0.25) is 0 Å². The van der Waals surface area contributed by atoms with Crippen molar-refractivity contribution in [1.29, 1.82) is 0 Å². The highest BCUT2D eigenvalue weighted by atomic mass is 16.3. The van der Waals surface area contributed by atoms with Gasteiger partial charge in [0, 0.05) is 11.3 Å². The van der Waals surface area contributed by atoms with Crippen molar-refractivity contribution in [3.8, 4) is 0 Å². The molecule has 3 nitrogen and oxygen atoms in total. The molecule has 0 radical (unpaired) electrons. The number of rotatable bonds is 3. The van der Waals surface area contributed by atoms with Crippen LogP contribution in [-0.4, -0.2) is 5.91 Å². The number of hydrogen-bond acceptors (Lipinski definition) is 2. The zero-order valence-corrected chi connectivity index (χ0v) is 9.99. The number of carbonyl (C=O) groups is 1. The standard InChI is InChI=1S/C14H15NO2/c1-3-11-6-4-5-7-12(11)15-14(16)13-10(2)8-9-17-13/h4-9H,3H2,1-2H3,(H,15,16). The van der Waals surface area contributed by atoms with Gasteiger partial charge in [0.15, 0.2) is 5.76 Å². The van der Waals surface area contributed by atoms with Crippen LogP contribution in [0.25, 0.3) is 0 Å². The Bertz CT molecular complexity index is 529. The number of hydrogen-bond donors (Lipinski definition) is 1. The van der Waals surface area contributed by atoms with Crippen molar-refractivity contribution < 1.29 is 9.21 Å². The molecule has 0 atom stereocenters. The zero-order chi connectivity index (χ0) is 12.3. The van der Waals surface area contributed by atoms with Crippen LogP contribution in [0.15, 0.2) is 41.0 Å². The number of benzene rings is 1. The summed E-state index contributed by atoms with van der Waals surface area (Å²) in [6.07, 6.45) is 2.41. The lowest BCUT2D eigenvalue weighted by Crippen LogP contribution is -2.13. The monoisotopic (exact) mass is 229 g/mol. The first kappa shape index (κ1) is 11.5. The summed E-state index contributed by atoms with van der Waals surface area (Å²) in [6.45, 7) is 3.91. The Hall–Kier alpha value is -2.03. The molecule has 0 saturated heterocycles. The second kappa shape index (κ2) is 4.87. The van der Waals surface area contributed by atoms with Crippen LogP contribution in [0, 0.1) is 6.92 Å². The van der Waals surface area contributed by atoms with Crippen LogP contribution in [0.1, 0.15) is 28.6 Å². The van der Waals surface area contributed by atoms with E-state index in [-0.39, 0.29) is 5.91 Å². The SMILES string of the molecule is CCc1ccccc1NC(=O)c1occc1C. The second-order valence-corrected chi connectivity index (χ2v) is 3.90. The molecule has 0 unspecified atom stereocenters. The summed E-state index contributed by atoms with van der Waals surface area (Å²) in [6, 6.07) is 9.55. The zero-order valence-electron chi connectivity index (χ0n) is 9.99. The van der Waals surface area contributed by atoms with E-state index in [9.17, 15) is 4.79 Å². The summed E-state index contributed by atoms with van der Waals surface area (Å²) in [5.74, 6) is 0.171. The summed E-state index contributed by atoms with van der Waals surface area (Å²) in [5.41, 5.74) is 2.80. The molecule has 0 bridgehead atoms. The van der Waals surface area contributed by atoms with Gasteiger partial charge >= 0.3 is 0 Å². The first-order chi connectivity index (χ1) is 8.22. The Morgan fingerprint density at radius 3 is 2.71 bits per heavy atom. The highest BCUT2D eigenvalue weighted by Gasteiger charge is 2.13. The minimum absolute atomic E-state index is 0.201. The van der Waals surface area contributed by atoms with Gasteiger partial charge in [0.1, 0.15) is 0 Å². The molecule has 1 N–H and O–H groups in total. The fraction of sp³-hybridized carbons (Fsp3) is 0.214. The quantitative estimate of drug-likeness (QED) is 0.876. The van der Waals surface area contributed by atoms with E-state index >= 15 is 0 Å². The van der Waals surface area contributed by atoms with Gasteiger partial charge in [0.05, 0.1) is 6.26 Å². The topological polar surface area (TPSA) is 42.2 Å². The van der Waals surface area contributed by atoms with E-state index in [0.29, 0.717) is 5.76 Å². The van der Waals surface area contributed by atoms with E-state index in [1.165, 1.54) is 6.26 Å². The molecule has 0 aliphatic heterocycles. The molecule has 1 amide bonds. The van der Waals surface area contributed by atoms with Gasteiger partial charge in [-0.3, -0.25) is 4.79 Å². The molecule has 0 fully saturated rings.